The summed E-state index contributed by atoms with van der Waals surface area (Å²) >= 11 is 1.22. The van der Waals surface area contributed by atoms with E-state index in [1.165, 1.54) is 30.5 Å². The minimum absolute atomic E-state index is 0.286. The smallest absolute Gasteiger partial charge is 0.189 e. The van der Waals surface area contributed by atoms with E-state index in [1.807, 2.05) is 6.07 Å². The zero-order valence-corrected chi connectivity index (χ0v) is 7.69. The summed E-state index contributed by atoms with van der Waals surface area (Å²) in [7, 11) is 0. The van der Waals surface area contributed by atoms with Crippen LogP contribution in [0.1, 0.15) is 5.69 Å². The van der Waals surface area contributed by atoms with Crippen molar-refractivity contribution in [3.63, 3.8) is 0 Å². The van der Waals surface area contributed by atoms with Crippen molar-refractivity contribution >= 4 is 11.8 Å². The molecule has 2 aromatic rings. The normalized spacial score (nSPS) is 9.64. The first-order valence-corrected chi connectivity index (χ1v) is 4.46. The van der Waals surface area contributed by atoms with E-state index >= 15 is 0 Å². The maximum absolute atomic E-state index is 8.73. The first-order chi connectivity index (χ1) is 6.90. The van der Waals surface area contributed by atoms with Gasteiger partial charge in [-0.25, -0.2) is 15.0 Å². The van der Waals surface area contributed by atoms with Crippen molar-refractivity contribution in [1.29, 1.82) is 5.26 Å². The molecule has 1 N–H and O–H groups in total. The minimum Gasteiger partial charge on any atom is -0.254 e. The van der Waals surface area contributed by atoms with E-state index in [2.05, 4.69) is 25.1 Å². The van der Waals surface area contributed by atoms with Crippen molar-refractivity contribution in [3.8, 4) is 6.07 Å². The lowest BCUT2D eigenvalue weighted by Gasteiger charge is -1.96. The molecule has 7 heteroatoms. The topological polar surface area (TPSA) is 91.1 Å². The van der Waals surface area contributed by atoms with Crippen LogP contribution in [0.15, 0.2) is 28.9 Å². The van der Waals surface area contributed by atoms with E-state index in [9.17, 15) is 0 Å². The van der Waals surface area contributed by atoms with Crippen molar-refractivity contribution in [2.75, 3.05) is 0 Å². The van der Waals surface area contributed by atoms with Crippen molar-refractivity contribution in [1.82, 2.24) is 25.1 Å². The fraction of sp³-hybridized carbons (Fsp3) is 0. The van der Waals surface area contributed by atoms with Gasteiger partial charge in [0.15, 0.2) is 10.9 Å². The molecule has 0 unspecified atom stereocenters. The Morgan fingerprint density at radius 2 is 2.14 bits per heavy atom. The van der Waals surface area contributed by atoms with Crippen LogP contribution in [0.3, 0.4) is 0 Å². The molecule has 2 aromatic heterocycles. The lowest BCUT2D eigenvalue weighted by atomic mass is 10.5. The third-order valence-electron chi connectivity index (χ3n) is 1.36. The third kappa shape index (κ3) is 1.70. The lowest BCUT2D eigenvalue weighted by Crippen LogP contribution is -1.90. The maximum Gasteiger partial charge on any atom is 0.189 e. The Labute approximate surface area is 83.4 Å². The number of nitriles is 1. The van der Waals surface area contributed by atoms with E-state index in [1.54, 1.807) is 0 Å². The summed E-state index contributed by atoms with van der Waals surface area (Å²) in [6.07, 6.45) is 4.40. The predicted molar refractivity (Wildman–Crippen MR) is 47.3 cm³/mol. The third-order valence-corrected chi connectivity index (χ3v) is 2.24. The van der Waals surface area contributed by atoms with Crippen LogP contribution in [0.25, 0.3) is 0 Å². The number of rotatable bonds is 2. The highest BCUT2D eigenvalue weighted by Gasteiger charge is 2.07. The summed E-state index contributed by atoms with van der Waals surface area (Å²) in [5.41, 5.74) is 0.286. The zero-order valence-electron chi connectivity index (χ0n) is 6.88. The van der Waals surface area contributed by atoms with Crippen molar-refractivity contribution < 1.29 is 0 Å². The number of nitrogens with zero attached hydrogens (tertiary/aromatic N) is 5. The van der Waals surface area contributed by atoms with Crippen LogP contribution in [-0.2, 0) is 0 Å². The molecule has 0 saturated heterocycles. The average molecular weight is 204 g/mol. The van der Waals surface area contributed by atoms with Gasteiger partial charge in [-0.05, 0) is 11.8 Å². The van der Waals surface area contributed by atoms with Crippen molar-refractivity contribution in [3.05, 3.63) is 24.4 Å². The molecule has 0 aliphatic carbocycles. The SMILES string of the molecule is N#Cc1nccnc1Sc1ncn[nH]1. The van der Waals surface area contributed by atoms with Crippen LogP contribution in [0.5, 0.6) is 0 Å². The Morgan fingerprint density at radius 1 is 1.29 bits per heavy atom. The quantitative estimate of drug-likeness (QED) is 0.770. The number of hydrogen-bond acceptors (Lipinski definition) is 6. The number of H-pyrrole nitrogens is 1. The van der Waals surface area contributed by atoms with Crippen LogP contribution in [0.4, 0.5) is 0 Å². The Hall–Kier alpha value is -1.94. The first-order valence-electron chi connectivity index (χ1n) is 3.64. The molecule has 2 rings (SSSR count). The van der Waals surface area contributed by atoms with Gasteiger partial charge in [-0.3, -0.25) is 5.10 Å². The van der Waals surface area contributed by atoms with Gasteiger partial charge in [0.05, 0.1) is 0 Å². The molecule has 0 aliphatic rings. The van der Waals surface area contributed by atoms with Crippen molar-refractivity contribution in [2.24, 2.45) is 0 Å². The second kappa shape index (κ2) is 3.85. The van der Waals surface area contributed by atoms with Crippen LogP contribution >= 0.6 is 11.8 Å². The number of aromatic nitrogens is 5. The van der Waals surface area contributed by atoms with Crippen molar-refractivity contribution in [2.45, 2.75) is 10.2 Å². The molecule has 0 aliphatic heterocycles. The van der Waals surface area contributed by atoms with Gasteiger partial charge in [0.25, 0.3) is 0 Å². The fourth-order valence-corrected chi connectivity index (χ4v) is 1.50. The average Bonchev–Trinajstić information content (AvgIpc) is 2.71. The van der Waals surface area contributed by atoms with Gasteiger partial charge >= 0.3 is 0 Å². The Bertz CT molecular complexity index is 459. The van der Waals surface area contributed by atoms with Gasteiger partial charge in [-0.2, -0.15) is 10.4 Å². The second-order valence-corrected chi connectivity index (χ2v) is 3.19. The highest BCUT2D eigenvalue weighted by atomic mass is 32.2. The summed E-state index contributed by atoms with van der Waals surface area (Å²) in [6.45, 7) is 0. The second-order valence-electron chi connectivity index (χ2n) is 2.21. The molecule has 6 nitrogen and oxygen atoms in total. The van der Waals surface area contributed by atoms with Gasteiger partial charge < -0.3 is 0 Å². The van der Waals surface area contributed by atoms with Crippen LogP contribution < -0.4 is 0 Å². The molecule has 0 saturated carbocycles. The summed E-state index contributed by atoms with van der Waals surface area (Å²) < 4.78 is 0. The lowest BCUT2D eigenvalue weighted by molar-refractivity contribution is 0.958. The molecule has 0 atom stereocenters. The standard InChI is InChI=1S/C7H4N6S/c8-3-5-6(10-2-1-9-5)14-7-11-4-12-13-7/h1-2,4H,(H,11,12,13). The molecule has 0 spiro atoms. The summed E-state index contributed by atoms with van der Waals surface area (Å²) in [5.74, 6) is 0. The van der Waals surface area contributed by atoms with E-state index in [-0.39, 0.29) is 5.69 Å². The molecule has 0 radical (unpaired) electrons. The van der Waals surface area contributed by atoms with Crippen LogP contribution in [0.2, 0.25) is 0 Å². The Morgan fingerprint density at radius 3 is 2.86 bits per heavy atom. The molecule has 0 bridgehead atoms. The van der Waals surface area contributed by atoms with Crippen LogP contribution in [-0.4, -0.2) is 25.1 Å². The minimum atomic E-state index is 0.286. The molecule has 68 valence electrons. The molecular formula is C7H4N6S. The monoisotopic (exact) mass is 204 g/mol. The Balaban J connectivity index is 2.30. The van der Waals surface area contributed by atoms with Gasteiger partial charge in [0.1, 0.15) is 17.4 Å². The highest BCUT2D eigenvalue weighted by molar-refractivity contribution is 7.99. The van der Waals surface area contributed by atoms with Gasteiger partial charge in [-0.15, -0.1) is 0 Å². The van der Waals surface area contributed by atoms with Gasteiger partial charge in [-0.1, -0.05) is 0 Å². The predicted octanol–water partition coefficient (Wildman–Crippen LogP) is 0.618. The molecule has 0 aromatic carbocycles. The van der Waals surface area contributed by atoms with E-state index in [4.69, 9.17) is 5.26 Å². The van der Waals surface area contributed by atoms with E-state index < -0.39 is 0 Å². The maximum atomic E-state index is 8.73. The molecule has 2 heterocycles. The summed E-state index contributed by atoms with van der Waals surface area (Å²) in [4.78, 5) is 11.8. The highest BCUT2D eigenvalue weighted by Crippen LogP contribution is 2.22. The number of hydrogen-bond donors (Lipinski definition) is 1. The summed E-state index contributed by atoms with van der Waals surface area (Å²) in [6, 6.07) is 1.95. The number of aromatic amines is 1. The molecule has 0 amide bonds. The zero-order chi connectivity index (χ0) is 9.80. The Kier molecular flexibility index (Phi) is 2.38. The number of nitrogens with one attached hydrogen (secondary N) is 1. The summed E-state index contributed by atoms with van der Waals surface area (Å²) in [5, 5.41) is 16.2. The van der Waals surface area contributed by atoms with E-state index in [0.29, 0.717) is 10.2 Å². The van der Waals surface area contributed by atoms with Gasteiger partial charge in [0, 0.05) is 12.4 Å². The fourth-order valence-electron chi connectivity index (χ4n) is 0.812. The first kappa shape index (κ1) is 8.65. The molecule has 0 fully saturated rings. The van der Waals surface area contributed by atoms with Gasteiger partial charge in [0.2, 0.25) is 0 Å². The van der Waals surface area contributed by atoms with E-state index in [0.717, 1.165) is 0 Å². The van der Waals surface area contributed by atoms with Crippen LogP contribution in [0, 0.1) is 11.3 Å². The largest absolute Gasteiger partial charge is 0.254 e. The molecule has 14 heavy (non-hydrogen) atoms. The molecular weight excluding hydrogens is 200 g/mol.